The van der Waals surface area contributed by atoms with Gasteiger partial charge in [0.05, 0.1) is 12.2 Å². The number of hydrogen-bond donors (Lipinski definition) is 3. The Labute approximate surface area is 116 Å². The van der Waals surface area contributed by atoms with Gasteiger partial charge in [0.25, 0.3) is 5.91 Å². The number of benzene rings is 2. The van der Waals surface area contributed by atoms with Gasteiger partial charge in [0.1, 0.15) is 5.75 Å². The molecule has 0 heterocycles. The molecule has 5 heteroatoms. The number of carbonyl (C=O) groups is 2. The molecule has 2 aromatic carbocycles. The van der Waals surface area contributed by atoms with E-state index in [9.17, 15) is 14.7 Å². The lowest BCUT2D eigenvalue weighted by Gasteiger charge is -2.07. The molecular formula is C15H14N2O3. The fourth-order valence-electron chi connectivity index (χ4n) is 1.74. The zero-order chi connectivity index (χ0) is 14.5. The lowest BCUT2D eigenvalue weighted by Crippen LogP contribution is -2.29. The summed E-state index contributed by atoms with van der Waals surface area (Å²) in [6, 6.07) is 13.0. The summed E-state index contributed by atoms with van der Waals surface area (Å²) in [5.74, 6) is -0.842. The van der Waals surface area contributed by atoms with Crippen molar-refractivity contribution < 1.29 is 14.7 Å². The predicted molar refractivity (Wildman–Crippen MR) is 75.6 cm³/mol. The summed E-state index contributed by atoms with van der Waals surface area (Å²) >= 11 is 0. The second-order valence-corrected chi connectivity index (χ2v) is 4.21. The monoisotopic (exact) mass is 270 g/mol. The van der Waals surface area contributed by atoms with Gasteiger partial charge in [-0.1, -0.05) is 24.3 Å². The van der Waals surface area contributed by atoms with E-state index in [2.05, 4.69) is 5.32 Å². The number of phenolic OH excluding ortho intramolecular Hbond substituents is 1. The number of aromatic hydroxyl groups is 1. The molecule has 0 aromatic heterocycles. The Balaban J connectivity index is 2.03. The highest BCUT2D eigenvalue weighted by molar-refractivity contribution is 6.05. The van der Waals surface area contributed by atoms with Crippen molar-refractivity contribution >= 4 is 17.4 Å². The molecule has 0 atom stereocenters. The van der Waals surface area contributed by atoms with Crippen LogP contribution in [-0.2, 0) is 0 Å². The lowest BCUT2D eigenvalue weighted by molar-refractivity contribution is 0.0904. The normalized spacial score (nSPS) is 10.0. The van der Waals surface area contributed by atoms with Crippen LogP contribution in [0.25, 0.3) is 0 Å². The Morgan fingerprint density at radius 1 is 1.05 bits per heavy atom. The minimum absolute atomic E-state index is 0.0199. The average Bonchev–Trinajstić information content (AvgIpc) is 2.48. The average molecular weight is 270 g/mol. The van der Waals surface area contributed by atoms with Crippen LogP contribution >= 0.6 is 0 Å². The van der Waals surface area contributed by atoms with E-state index >= 15 is 0 Å². The van der Waals surface area contributed by atoms with E-state index in [1.807, 2.05) is 0 Å². The van der Waals surface area contributed by atoms with Crippen LogP contribution in [0.1, 0.15) is 20.7 Å². The maximum Gasteiger partial charge on any atom is 0.251 e. The van der Waals surface area contributed by atoms with Gasteiger partial charge in [-0.15, -0.1) is 0 Å². The summed E-state index contributed by atoms with van der Waals surface area (Å²) in [5.41, 5.74) is 6.31. The Kier molecular flexibility index (Phi) is 4.00. The molecule has 5 nitrogen and oxygen atoms in total. The highest BCUT2D eigenvalue weighted by atomic mass is 16.3. The van der Waals surface area contributed by atoms with Gasteiger partial charge in [-0.3, -0.25) is 9.59 Å². The van der Waals surface area contributed by atoms with Gasteiger partial charge in [0, 0.05) is 11.1 Å². The summed E-state index contributed by atoms with van der Waals surface area (Å²) in [6.45, 7) is -0.179. The molecule has 0 unspecified atom stereocenters. The zero-order valence-electron chi connectivity index (χ0n) is 10.7. The van der Waals surface area contributed by atoms with Crippen LogP contribution in [0.15, 0.2) is 48.5 Å². The second kappa shape index (κ2) is 5.88. The van der Waals surface area contributed by atoms with Crippen molar-refractivity contribution in [2.24, 2.45) is 0 Å². The van der Waals surface area contributed by atoms with Crippen molar-refractivity contribution in [2.45, 2.75) is 0 Å². The molecule has 2 aromatic rings. The SMILES string of the molecule is Nc1c(O)cccc1C(=O)CNC(=O)c1ccccc1. The number of nitrogens with two attached hydrogens (primary N) is 1. The number of Topliss-reactive ketones (excluding diaryl/α,β-unsaturated/α-hetero) is 1. The number of anilines is 1. The third-order valence-corrected chi connectivity index (χ3v) is 2.83. The maximum atomic E-state index is 11.9. The van der Waals surface area contributed by atoms with Crippen molar-refractivity contribution in [2.75, 3.05) is 12.3 Å². The van der Waals surface area contributed by atoms with Gasteiger partial charge < -0.3 is 16.2 Å². The quantitative estimate of drug-likeness (QED) is 0.447. The molecule has 1 amide bonds. The van der Waals surface area contributed by atoms with E-state index in [4.69, 9.17) is 5.73 Å². The van der Waals surface area contributed by atoms with Gasteiger partial charge in [0.2, 0.25) is 0 Å². The first-order chi connectivity index (χ1) is 9.59. The zero-order valence-corrected chi connectivity index (χ0v) is 10.7. The van der Waals surface area contributed by atoms with Crippen LogP contribution in [0.4, 0.5) is 5.69 Å². The van der Waals surface area contributed by atoms with Crippen molar-refractivity contribution in [3.8, 4) is 5.75 Å². The Morgan fingerprint density at radius 2 is 1.75 bits per heavy atom. The van der Waals surface area contributed by atoms with Crippen LogP contribution in [-0.4, -0.2) is 23.3 Å². The van der Waals surface area contributed by atoms with Gasteiger partial charge in [-0.25, -0.2) is 0 Å². The standard InChI is InChI=1S/C15H14N2O3/c16-14-11(7-4-8-12(14)18)13(19)9-17-15(20)10-5-2-1-3-6-10/h1-8,18H,9,16H2,(H,17,20). The molecule has 0 radical (unpaired) electrons. The number of nitrogens with one attached hydrogen (secondary N) is 1. The highest BCUT2D eigenvalue weighted by Crippen LogP contribution is 2.23. The Bertz CT molecular complexity index is 639. The van der Waals surface area contributed by atoms with Crippen LogP contribution in [0.5, 0.6) is 5.75 Å². The Morgan fingerprint density at radius 3 is 2.45 bits per heavy atom. The number of amides is 1. The number of rotatable bonds is 4. The fraction of sp³-hybridized carbons (Fsp3) is 0.0667. The van der Waals surface area contributed by atoms with Gasteiger partial charge in [-0.05, 0) is 24.3 Å². The summed E-state index contributed by atoms with van der Waals surface area (Å²) in [4.78, 5) is 23.7. The van der Waals surface area contributed by atoms with Crippen molar-refractivity contribution in [1.82, 2.24) is 5.32 Å². The van der Waals surface area contributed by atoms with E-state index in [1.165, 1.54) is 18.2 Å². The smallest absolute Gasteiger partial charge is 0.251 e. The molecule has 4 N–H and O–H groups in total. The Hall–Kier alpha value is -2.82. The molecular weight excluding hydrogens is 256 g/mol. The molecule has 0 fully saturated rings. The highest BCUT2D eigenvalue weighted by Gasteiger charge is 2.13. The van der Waals surface area contributed by atoms with Gasteiger partial charge in [0.15, 0.2) is 5.78 Å². The summed E-state index contributed by atoms with van der Waals surface area (Å²) in [6.07, 6.45) is 0. The minimum atomic E-state index is -0.359. The summed E-state index contributed by atoms with van der Waals surface area (Å²) < 4.78 is 0. The topological polar surface area (TPSA) is 92.4 Å². The molecule has 20 heavy (non-hydrogen) atoms. The van der Waals surface area contributed by atoms with E-state index in [0.717, 1.165) is 0 Å². The van der Waals surface area contributed by atoms with E-state index in [1.54, 1.807) is 30.3 Å². The molecule has 0 bridgehead atoms. The summed E-state index contributed by atoms with van der Waals surface area (Å²) in [5, 5.41) is 12.0. The number of ketones is 1. The number of nitrogen functional groups attached to an aromatic ring is 1. The van der Waals surface area contributed by atoms with Crippen LogP contribution in [0, 0.1) is 0 Å². The molecule has 2 rings (SSSR count). The number of carbonyl (C=O) groups excluding carboxylic acids is 2. The molecule has 0 aliphatic carbocycles. The molecule has 0 spiro atoms. The molecule has 102 valence electrons. The maximum absolute atomic E-state index is 11.9. The van der Waals surface area contributed by atoms with Crippen molar-refractivity contribution in [3.63, 3.8) is 0 Å². The largest absolute Gasteiger partial charge is 0.506 e. The predicted octanol–water partition coefficient (Wildman–Crippen LogP) is 1.59. The number of para-hydroxylation sites is 1. The van der Waals surface area contributed by atoms with Crippen LogP contribution < -0.4 is 11.1 Å². The molecule has 0 saturated carbocycles. The third-order valence-electron chi connectivity index (χ3n) is 2.83. The van der Waals surface area contributed by atoms with E-state index < -0.39 is 0 Å². The van der Waals surface area contributed by atoms with Gasteiger partial charge >= 0.3 is 0 Å². The van der Waals surface area contributed by atoms with E-state index in [-0.39, 0.29) is 35.2 Å². The number of phenols is 1. The first kappa shape index (κ1) is 13.6. The van der Waals surface area contributed by atoms with E-state index in [0.29, 0.717) is 5.56 Å². The van der Waals surface area contributed by atoms with Crippen LogP contribution in [0.2, 0.25) is 0 Å². The second-order valence-electron chi connectivity index (χ2n) is 4.21. The molecule has 0 aliphatic heterocycles. The summed E-state index contributed by atoms with van der Waals surface area (Å²) in [7, 11) is 0. The fourth-order valence-corrected chi connectivity index (χ4v) is 1.74. The minimum Gasteiger partial charge on any atom is -0.506 e. The van der Waals surface area contributed by atoms with Crippen molar-refractivity contribution in [3.05, 3.63) is 59.7 Å². The third kappa shape index (κ3) is 2.95. The molecule has 0 aliphatic rings. The van der Waals surface area contributed by atoms with Crippen LogP contribution in [0.3, 0.4) is 0 Å². The van der Waals surface area contributed by atoms with Gasteiger partial charge in [-0.2, -0.15) is 0 Å². The first-order valence-electron chi connectivity index (χ1n) is 6.03. The first-order valence-corrected chi connectivity index (χ1v) is 6.03. The lowest BCUT2D eigenvalue weighted by atomic mass is 10.1. The van der Waals surface area contributed by atoms with Crippen molar-refractivity contribution in [1.29, 1.82) is 0 Å². The molecule has 0 saturated heterocycles. The number of hydrogen-bond acceptors (Lipinski definition) is 4.